The Labute approximate surface area is 188 Å². The molecule has 0 N–H and O–H groups in total. The molecule has 3 aliphatic rings. The molecule has 32 heavy (non-hydrogen) atoms. The maximum atomic E-state index is 12.7. The van der Waals surface area contributed by atoms with Crippen LogP contribution in [-0.4, -0.2) is 70.7 Å². The first kappa shape index (κ1) is 20.7. The summed E-state index contributed by atoms with van der Waals surface area (Å²) in [4.78, 5) is 27.6. The van der Waals surface area contributed by atoms with E-state index in [-0.39, 0.29) is 18.2 Å². The van der Waals surface area contributed by atoms with E-state index < -0.39 is 0 Å². The van der Waals surface area contributed by atoms with Crippen LogP contribution in [0, 0.1) is 16.7 Å². The second kappa shape index (κ2) is 8.40. The summed E-state index contributed by atoms with van der Waals surface area (Å²) in [6.07, 6.45) is 4.83. The van der Waals surface area contributed by atoms with Crippen LogP contribution in [0.4, 0.5) is 10.7 Å². The highest BCUT2D eigenvalue weighted by Crippen LogP contribution is 2.50. The number of benzene rings is 1. The number of ether oxygens (including phenoxy) is 1. The number of amides is 1. The second-order valence-corrected chi connectivity index (χ2v) is 9.42. The topological polar surface area (TPSA) is 85.6 Å². The number of carbonyl (C=O) groups excluding carboxylic acids is 1. The lowest BCUT2D eigenvalue weighted by molar-refractivity contribution is -0.136. The van der Waals surface area contributed by atoms with Gasteiger partial charge in [0, 0.05) is 50.7 Å². The van der Waals surface area contributed by atoms with E-state index in [2.05, 4.69) is 51.0 Å². The molecule has 1 aromatic heterocycles. The lowest BCUT2D eigenvalue weighted by atomic mass is 9.61. The van der Waals surface area contributed by atoms with Crippen molar-refractivity contribution in [2.45, 2.75) is 38.5 Å². The van der Waals surface area contributed by atoms with E-state index in [1.54, 1.807) is 4.90 Å². The number of carbonyl (C=O) groups is 1. The van der Waals surface area contributed by atoms with Crippen LogP contribution in [0.3, 0.4) is 0 Å². The number of hydrogen-bond donors (Lipinski definition) is 0. The highest BCUT2D eigenvalue weighted by molar-refractivity contribution is 5.68. The molecule has 8 heteroatoms. The molecule has 1 atom stereocenters. The lowest BCUT2D eigenvalue weighted by Crippen LogP contribution is -2.64. The number of nitrogens with zero attached hydrogens (tertiary/aromatic N) is 6. The number of piperazine rings is 1. The molecule has 0 radical (unpaired) electrons. The van der Waals surface area contributed by atoms with Gasteiger partial charge in [-0.25, -0.2) is 14.8 Å². The van der Waals surface area contributed by atoms with Crippen molar-refractivity contribution in [3.8, 4) is 6.07 Å². The fourth-order valence-corrected chi connectivity index (χ4v) is 5.27. The van der Waals surface area contributed by atoms with Gasteiger partial charge in [0.2, 0.25) is 5.95 Å². The van der Waals surface area contributed by atoms with E-state index >= 15 is 0 Å². The number of hydrogen-bond acceptors (Lipinski definition) is 7. The van der Waals surface area contributed by atoms with Gasteiger partial charge in [-0.15, -0.1) is 0 Å². The molecule has 0 bridgehead atoms. The van der Waals surface area contributed by atoms with Gasteiger partial charge in [-0.3, -0.25) is 4.90 Å². The van der Waals surface area contributed by atoms with Gasteiger partial charge in [0.25, 0.3) is 0 Å². The third kappa shape index (κ3) is 4.13. The number of rotatable bonds is 4. The van der Waals surface area contributed by atoms with Gasteiger partial charge in [-0.2, -0.15) is 5.26 Å². The Balaban J connectivity index is 1.05. The lowest BCUT2D eigenvalue weighted by Gasteiger charge is -2.58. The number of aromatic nitrogens is 2. The van der Waals surface area contributed by atoms with Gasteiger partial charge in [-0.05, 0) is 25.3 Å². The maximum Gasteiger partial charge on any atom is 0.410 e. The molecule has 1 aliphatic carbocycles. The molecule has 1 aromatic carbocycles. The van der Waals surface area contributed by atoms with Crippen LogP contribution in [-0.2, 0) is 11.3 Å². The van der Waals surface area contributed by atoms with Crippen LogP contribution in [0.15, 0.2) is 42.7 Å². The van der Waals surface area contributed by atoms with Crippen molar-refractivity contribution in [2.24, 2.45) is 5.41 Å². The number of likely N-dealkylation sites (tertiary alicyclic amines) is 1. The molecular formula is C24H28N6O2. The number of anilines is 1. The summed E-state index contributed by atoms with van der Waals surface area (Å²) in [7, 11) is 0. The average Bonchev–Trinajstić information content (AvgIpc) is 2.77. The SMILES string of the molecule is C[C@H]1CN(C(=O)OC2CC3(C2)CN(Cc2ccccc2)C3)CCN1c1ncc(C#N)cn1. The first-order chi connectivity index (χ1) is 15.5. The Morgan fingerprint density at radius 2 is 1.91 bits per heavy atom. The summed E-state index contributed by atoms with van der Waals surface area (Å²) in [5.74, 6) is 0.593. The summed E-state index contributed by atoms with van der Waals surface area (Å²) in [6, 6.07) is 12.7. The van der Waals surface area contributed by atoms with Crippen molar-refractivity contribution >= 4 is 12.0 Å². The van der Waals surface area contributed by atoms with Crippen LogP contribution < -0.4 is 4.90 Å². The predicted molar refractivity (Wildman–Crippen MR) is 119 cm³/mol. The van der Waals surface area contributed by atoms with E-state index in [9.17, 15) is 4.79 Å². The normalized spacial score (nSPS) is 22.7. The summed E-state index contributed by atoms with van der Waals surface area (Å²) >= 11 is 0. The largest absolute Gasteiger partial charge is 0.446 e. The smallest absolute Gasteiger partial charge is 0.410 e. The minimum Gasteiger partial charge on any atom is -0.446 e. The van der Waals surface area contributed by atoms with Crippen LogP contribution >= 0.6 is 0 Å². The summed E-state index contributed by atoms with van der Waals surface area (Å²) in [5, 5.41) is 8.90. The standard InChI is InChI=1S/C24H28N6O2/c1-18-14-29(7-8-30(18)22-26-12-20(11-25)13-27-22)23(31)32-21-9-24(10-21)16-28(17-24)15-19-5-3-2-4-6-19/h2-6,12-13,18,21H,7-10,14-17H2,1H3/t18-/m0/s1. The van der Waals surface area contributed by atoms with Gasteiger partial charge in [-0.1, -0.05) is 30.3 Å². The molecule has 0 unspecified atom stereocenters. The van der Waals surface area contributed by atoms with Crippen LogP contribution in [0.2, 0.25) is 0 Å². The fourth-order valence-electron chi connectivity index (χ4n) is 5.27. The average molecular weight is 433 g/mol. The molecule has 1 amide bonds. The molecule has 2 aliphatic heterocycles. The molecule has 8 nitrogen and oxygen atoms in total. The Kier molecular flexibility index (Phi) is 5.43. The fraction of sp³-hybridized carbons (Fsp3) is 0.500. The van der Waals surface area contributed by atoms with Gasteiger partial charge in [0.1, 0.15) is 12.2 Å². The minimum atomic E-state index is -0.211. The third-order valence-corrected chi connectivity index (χ3v) is 6.87. The third-order valence-electron chi connectivity index (χ3n) is 6.87. The Bertz CT molecular complexity index is 991. The predicted octanol–water partition coefficient (Wildman–Crippen LogP) is 2.66. The zero-order valence-corrected chi connectivity index (χ0v) is 18.4. The molecule has 166 valence electrons. The maximum absolute atomic E-state index is 12.7. The minimum absolute atomic E-state index is 0.0385. The van der Waals surface area contributed by atoms with Gasteiger partial charge in [0.05, 0.1) is 18.0 Å². The van der Waals surface area contributed by atoms with E-state index in [1.165, 1.54) is 18.0 Å². The Morgan fingerprint density at radius 1 is 1.19 bits per heavy atom. The monoisotopic (exact) mass is 432 g/mol. The quantitative estimate of drug-likeness (QED) is 0.734. The van der Waals surface area contributed by atoms with Crippen molar-refractivity contribution in [1.82, 2.24) is 19.8 Å². The molecule has 1 saturated carbocycles. The zero-order chi connectivity index (χ0) is 22.1. The van der Waals surface area contributed by atoms with Gasteiger partial charge >= 0.3 is 6.09 Å². The Hall–Kier alpha value is -3.18. The van der Waals surface area contributed by atoms with Crippen molar-refractivity contribution in [3.63, 3.8) is 0 Å². The highest BCUT2D eigenvalue weighted by Gasteiger charge is 2.53. The molecule has 3 fully saturated rings. The molecule has 5 rings (SSSR count). The highest BCUT2D eigenvalue weighted by atomic mass is 16.6. The van der Waals surface area contributed by atoms with Crippen LogP contribution in [0.1, 0.15) is 30.9 Å². The van der Waals surface area contributed by atoms with Crippen molar-refractivity contribution < 1.29 is 9.53 Å². The summed E-state index contributed by atoms with van der Waals surface area (Å²) < 4.78 is 5.81. The van der Waals surface area contributed by atoms with Crippen LogP contribution in [0.5, 0.6) is 0 Å². The molecule has 2 aromatic rings. The second-order valence-electron chi connectivity index (χ2n) is 9.42. The van der Waals surface area contributed by atoms with E-state index in [1.807, 2.05) is 12.1 Å². The van der Waals surface area contributed by atoms with Crippen molar-refractivity contribution in [1.29, 1.82) is 5.26 Å². The van der Waals surface area contributed by atoms with E-state index in [0.717, 1.165) is 32.5 Å². The Morgan fingerprint density at radius 3 is 2.56 bits per heavy atom. The first-order valence-corrected chi connectivity index (χ1v) is 11.2. The van der Waals surface area contributed by atoms with Crippen LogP contribution in [0.25, 0.3) is 0 Å². The van der Waals surface area contributed by atoms with E-state index in [4.69, 9.17) is 10.00 Å². The molecular weight excluding hydrogens is 404 g/mol. The van der Waals surface area contributed by atoms with Gasteiger partial charge < -0.3 is 14.5 Å². The van der Waals surface area contributed by atoms with E-state index in [0.29, 0.717) is 36.6 Å². The molecule has 3 heterocycles. The van der Waals surface area contributed by atoms with Crippen molar-refractivity contribution in [3.05, 3.63) is 53.9 Å². The molecule has 1 spiro atoms. The van der Waals surface area contributed by atoms with Gasteiger partial charge in [0.15, 0.2) is 0 Å². The van der Waals surface area contributed by atoms with Crippen molar-refractivity contribution in [2.75, 3.05) is 37.6 Å². The molecule has 2 saturated heterocycles. The number of nitriles is 1. The summed E-state index contributed by atoms with van der Waals surface area (Å²) in [5.41, 5.74) is 2.14. The zero-order valence-electron chi connectivity index (χ0n) is 18.4. The first-order valence-electron chi connectivity index (χ1n) is 11.2. The summed E-state index contributed by atoms with van der Waals surface area (Å²) in [6.45, 7) is 7.03.